The number of amides is 2. The van der Waals surface area contributed by atoms with Crippen LogP contribution in [0.5, 0.6) is 0 Å². The van der Waals surface area contributed by atoms with Crippen LogP contribution in [0, 0.1) is 12.7 Å². The molecule has 138 valence electrons. The summed E-state index contributed by atoms with van der Waals surface area (Å²) in [7, 11) is 1.27. The number of hydrogen-bond donors (Lipinski definition) is 3. The van der Waals surface area contributed by atoms with Gasteiger partial charge in [-0.1, -0.05) is 6.92 Å². The van der Waals surface area contributed by atoms with E-state index in [1.807, 2.05) is 6.92 Å². The topological polar surface area (TPSA) is 100 Å². The van der Waals surface area contributed by atoms with Gasteiger partial charge >= 0.3 is 5.97 Å². The van der Waals surface area contributed by atoms with E-state index in [2.05, 4.69) is 15.6 Å². The van der Waals surface area contributed by atoms with Crippen molar-refractivity contribution in [1.29, 1.82) is 0 Å². The lowest BCUT2D eigenvalue weighted by Gasteiger charge is -2.09. The zero-order chi connectivity index (χ0) is 19.4. The maximum absolute atomic E-state index is 13.7. The zero-order valence-electron chi connectivity index (χ0n) is 15.0. The number of esters is 1. The smallest absolute Gasteiger partial charge is 0.339 e. The van der Waals surface area contributed by atoms with Crippen molar-refractivity contribution < 1.29 is 23.5 Å². The minimum absolute atomic E-state index is 0.0389. The number of aromatic nitrogens is 1. The largest absolute Gasteiger partial charge is 0.465 e. The molecular weight excluding hydrogens is 341 g/mol. The number of carbonyl (C=O) groups is 3. The number of anilines is 2. The van der Waals surface area contributed by atoms with Crippen molar-refractivity contribution in [2.24, 2.45) is 0 Å². The highest BCUT2D eigenvalue weighted by Gasteiger charge is 2.23. The number of H-pyrrole nitrogens is 1. The maximum atomic E-state index is 13.7. The molecule has 2 amide bonds. The Morgan fingerprint density at radius 1 is 1.23 bits per heavy atom. The third-order valence-electron chi connectivity index (χ3n) is 3.83. The molecule has 3 N–H and O–H groups in total. The fourth-order valence-electron chi connectivity index (χ4n) is 2.61. The molecular formula is C18H20FN3O4. The number of nitrogens with one attached hydrogen (secondary N) is 3. The number of benzene rings is 1. The molecule has 26 heavy (non-hydrogen) atoms. The summed E-state index contributed by atoms with van der Waals surface area (Å²) < 4.78 is 18.5. The van der Waals surface area contributed by atoms with Gasteiger partial charge in [-0.2, -0.15) is 0 Å². The second kappa shape index (κ2) is 7.81. The molecule has 0 spiro atoms. The van der Waals surface area contributed by atoms with Crippen molar-refractivity contribution in [3.05, 3.63) is 46.5 Å². The average Bonchev–Trinajstić information content (AvgIpc) is 2.93. The quantitative estimate of drug-likeness (QED) is 0.713. The van der Waals surface area contributed by atoms with Gasteiger partial charge in [-0.15, -0.1) is 0 Å². The normalized spacial score (nSPS) is 10.3. The van der Waals surface area contributed by atoms with E-state index in [4.69, 9.17) is 4.74 Å². The Hall–Kier alpha value is -3.16. The molecule has 1 heterocycles. The lowest BCUT2D eigenvalue weighted by Crippen LogP contribution is -2.15. The highest BCUT2D eigenvalue weighted by molar-refractivity contribution is 6.07. The number of methoxy groups -OCH3 is 1. The van der Waals surface area contributed by atoms with Gasteiger partial charge < -0.3 is 20.4 Å². The third-order valence-corrected chi connectivity index (χ3v) is 3.83. The predicted molar refractivity (Wildman–Crippen MR) is 94.9 cm³/mol. The summed E-state index contributed by atoms with van der Waals surface area (Å²) in [5, 5.41) is 4.97. The fourth-order valence-corrected chi connectivity index (χ4v) is 2.61. The summed E-state index contributed by atoms with van der Waals surface area (Å²) in [6.07, 6.45) is 0.516. The van der Waals surface area contributed by atoms with E-state index >= 15 is 0 Å². The minimum atomic E-state index is -0.615. The van der Waals surface area contributed by atoms with Crippen molar-refractivity contribution in [1.82, 2.24) is 4.98 Å². The van der Waals surface area contributed by atoms with Crippen LogP contribution in [-0.2, 0) is 16.0 Å². The van der Waals surface area contributed by atoms with Gasteiger partial charge in [0.2, 0.25) is 5.91 Å². The van der Waals surface area contributed by atoms with Crippen LogP contribution in [0.2, 0.25) is 0 Å². The predicted octanol–water partition coefficient (Wildman–Crippen LogP) is 3.02. The molecule has 0 atom stereocenters. The monoisotopic (exact) mass is 361 g/mol. The standard InChI is InChI=1S/C18H20FN3O4/c1-5-13-15(18(25)26-4)9(2)16(22-13)17(24)21-11-6-7-12(19)14(8-11)20-10(3)23/h6-8,22H,5H2,1-4H3,(H,20,23)(H,21,24). The number of hydrogen-bond acceptors (Lipinski definition) is 4. The van der Waals surface area contributed by atoms with Crippen LogP contribution in [0.4, 0.5) is 15.8 Å². The molecule has 0 bridgehead atoms. The Morgan fingerprint density at radius 3 is 2.50 bits per heavy atom. The summed E-state index contributed by atoms with van der Waals surface area (Å²) in [4.78, 5) is 38.6. The Kier molecular flexibility index (Phi) is 5.76. The third kappa shape index (κ3) is 3.90. The van der Waals surface area contributed by atoms with Gasteiger partial charge in [-0.05, 0) is 37.1 Å². The van der Waals surface area contributed by atoms with Crippen LogP contribution in [0.15, 0.2) is 18.2 Å². The first kappa shape index (κ1) is 19.2. The molecule has 0 aliphatic rings. The van der Waals surface area contributed by atoms with Gasteiger partial charge in [0.05, 0.1) is 18.4 Å². The SMILES string of the molecule is CCc1[nH]c(C(=O)Nc2ccc(F)c(NC(C)=O)c2)c(C)c1C(=O)OC. The second-order valence-corrected chi connectivity index (χ2v) is 5.65. The van der Waals surface area contributed by atoms with Crippen molar-refractivity contribution in [3.8, 4) is 0 Å². The lowest BCUT2D eigenvalue weighted by atomic mass is 10.1. The van der Waals surface area contributed by atoms with Gasteiger partial charge in [0, 0.05) is 18.3 Å². The molecule has 1 aromatic carbocycles. The van der Waals surface area contributed by atoms with E-state index in [0.29, 0.717) is 28.9 Å². The molecule has 0 aliphatic heterocycles. The molecule has 0 saturated heterocycles. The van der Waals surface area contributed by atoms with Gasteiger partial charge in [0.25, 0.3) is 5.91 Å². The molecule has 0 saturated carbocycles. The van der Waals surface area contributed by atoms with Gasteiger partial charge in [0.15, 0.2) is 0 Å². The lowest BCUT2D eigenvalue weighted by molar-refractivity contribution is -0.114. The average molecular weight is 361 g/mol. The Bertz CT molecular complexity index is 874. The van der Waals surface area contributed by atoms with Crippen molar-refractivity contribution in [2.75, 3.05) is 17.7 Å². The number of halogens is 1. The maximum Gasteiger partial charge on any atom is 0.339 e. The summed E-state index contributed by atoms with van der Waals surface area (Å²) in [5.41, 5.74) is 1.87. The van der Waals surface area contributed by atoms with E-state index in [1.165, 1.54) is 26.2 Å². The number of ether oxygens (including phenoxy) is 1. The molecule has 2 aromatic rings. The van der Waals surface area contributed by atoms with Crippen molar-refractivity contribution in [3.63, 3.8) is 0 Å². The van der Waals surface area contributed by atoms with Crippen molar-refractivity contribution >= 4 is 29.2 Å². The number of aromatic amines is 1. The van der Waals surface area contributed by atoms with E-state index in [0.717, 1.165) is 6.07 Å². The summed E-state index contributed by atoms with van der Waals surface area (Å²) in [6.45, 7) is 4.75. The minimum Gasteiger partial charge on any atom is -0.465 e. The number of aryl methyl sites for hydroxylation is 1. The Balaban J connectivity index is 2.32. The van der Waals surface area contributed by atoms with E-state index in [1.54, 1.807) is 6.92 Å². The Morgan fingerprint density at radius 2 is 1.92 bits per heavy atom. The molecule has 0 unspecified atom stereocenters. The van der Waals surface area contributed by atoms with Gasteiger partial charge in [-0.3, -0.25) is 9.59 Å². The number of carbonyl (C=O) groups excluding carboxylic acids is 3. The second-order valence-electron chi connectivity index (χ2n) is 5.65. The molecule has 8 heteroatoms. The number of rotatable bonds is 5. The first-order valence-electron chi connectivity index (χ1n) is 7.96. The van der Waals surface area contributed by atoms with Gasteiger partial charge in [0.1, 0.15) is 11.5 Å². The van der Waals surface area contributed by atoms with Gasteiger partial charge in [-0.25, -0.2) is 9.18 Å². The van der Waals surface area contributed by atoms with Crippen LogP contribution < -0.4 is 10.6 Å². The Labute approximate surface area is 149 Å². The fraction of sp³-hybridized carbons (Fsp3) is 0.278. The highest BCUT2D eigenvalue weighted by Crippen LogP contribution is 2.23. The summed E-state index contributed by atoms with van der Waals surface area (Å²) >= 11 is 0. The van der Waals surface area contributed by atoms with E-state index in [9.17, 15) is 18.8 Å². The van der Waals surface area contributed by atoms with Crippen molar-refractivity contribution in [2.45, 2.75) is 27.2 Å². The first-order valence-corrected chi connectivity index (χ1v) is 7.96. The highest BCUT2D eigenvalue weighted by atomic mass is 19.1. The van der Waals surface area contributed by atoms with Crippen LogP contribution >= 0.6 is 0 Å². The zero-order valence-corrected chi connectivity index (χ0v) is 15.0. The molecule has 0 radical (unpaired) electrons. The molecule has 2 rings (SSSR count). The van der Waals surface area contributed by atoms with E-state index < -0.39 is 23.6 Å². The van der Waals surface area contributed by atoms with Crippen LogP contribution in [0.3, 0.4) is 0 Å². The van der Waals surface area contributed by atoms with Crippen LogP contribution in [0.1, 0.15) is 46.0 Å². The van der Waals surface area contributed by atoms with Crippen LogP contribution in [-0.4, -0.2) is 29.9 Å². The summed E-state index contributed by atoms with van der Waals surface area (Å²) in [6, 6.07) is 3.83. The summed E-state index contributed by atoms with van der Waals surface area (Å²) in [5.74, 6) is -2.06. The first-order chi connectivity index (χ1) is 12.3. The van der Waals surface area contributed by atoms with Crippen LogP contribution in [0.25, 0.3) is 0 Å². The molecule has 0 aliphatic carbocycles. The molecule has 7 nitrogen and oxygen atoms in total. The molecule has 1 aromatic heterocycles. The molecule has 0 fully saturated rings. The van der Waals surface area contributed by atoms with E-state index in [-0.39, 0.29) is 11.4 Å².